The second kappa shape index (κ2) is 7.52. The molecule has 0 saturated heterocycles. The highest BCUT2D eigenvalue weighted by Crippen LogP contribution is 2.32. The summed E-state index contributed by atoms with van der Waals surface area (Å²) in [5.74, 6) is 0.119. The molecule has 0 amide bonds. The zero-order chi connectivity index (χ0) is 21.3. The minimum atomic E-state index is -4.27. The van der Waals surface area contributed by atoms with Gasteiger partial charge in [-0.25, -0.2) is 18.0 Å². The van der Waals surface area contributed by atoms with Crippen LogP contribution in [0.3, 0.4) is 0 Å². The SMILES string of the molecule is CC[n+]1ccn(-c2nc3ccccc3nc2[N-]S(=O)(=O)c2cccc([N+](=O)[O-])c2)c1. The van der Waals surface area contributed by atoms with Gasteiger partial charge < -0.3 is 9.71 Å². The molecule has 10 nitrogen and oxygen atoms in total. The summed E-state index contributed by atoms with van der Waals surface area (Å²) in [7, 11) is -4.27. The first kappa shape index (κ1) is 19.5. The molecule has 0 radical (unpaired) electrons. The van der Waals surface area contributed by atoms with Crippen LogP contribution in [0.5, 0.6) is 0 Å². The Bertz CT molecular complexity index is 1370. The van der Waals surface area contributed by atoms with Crippen LogP contribution in [0.15, 0.2) is 72.1 Å². The van der Waals surface area contributed by atoms with E-state index in [4.69, 9.17) is 0 Å². The number of fused-ring (bicyclic) bond motifs is 1. The van der Waals surface area contributed by atoms with Gasteiger partial charge in [0.05, 0.1) is 21.9 Å². The van der Waals surface area contributed by atoms with Crippen LogP contribution >= 0.6 is 0 Å². The Labute approximate surface area is 171 Å². The van der Waals surface area contributed by atoms with Crippen LogP contribution < -0.4 is 4.57 Å². The molecule has 0 spiro atoms. The molecule has 0 unspecified atom stereocenters. The summed E-state index contributed by atoms with van der Waals surface area (Å²) >= 11 is 0. The van der Waals surface area contributed by atoms with E-state index in [-0.39, 0.29) is 22.2 Å². The number of nitro benzene ring substituents is 1. The van der Waals surface area contributed by atoms with E-state index in [1.807, 2.05) is 17.7 Å². The molecule has 0 aliphatic carbocycles. The molecule has 2 aromatic carbocycles. The van der Waals surface area contributed by atoms with Gasteiger partial charge in [0, 0.05) is 18.0 Å². The summed E-state index contributed by atoms with van der Waals surface area (Å²) in [6, 6.07) is 11.8. The number of aromatic nitrogens is 4. The van der Waals surface area contributed by atoms with Crippen molar-refractivity contribution in [2.75, 3.05) is 0 Å². The first-order valence-corrected chi connectivity index (χ1v) is 10.4. The fourth-order valence-electron chi connectivity index (χ4n) is 2.85. The van der Waals surface area contributed by atoms with Crippen LogP contribution in [0, 0.1) is 10.1 Å². The standard InChI is InChI=1S/C19H16N6O4S/c1-2-23-10-11-24(13-23)19-18(20-16-8-3-4-9-17(16)21-19)22-30(28,29)15-7-5-6-14(12-15)25(26)27/h3-13H,2H2,1H3. The smallest absolute Gasteiger partial charge is 0.270 e. The van der Waals surface area contributed by atoms with Gasteiger partial charge in [-0.3, -0.25) is 10.1 Å². The molecule has 30 heavy (non-hydrogen) atoms. The zero-order valence-corrected chi connectivity index (χ0v) is 16.6. The van der Waals surface area contributed by atoms with Gasteiger partial charge >= 0.3 is 0 Å². The second-order valence-corrected chi connectivity index (χ2v) is 7.94. The van der Waals surface area contributed by atoms with Crippen LogP contribution in [0.2, 0.25) is 0 Å². The lowest BCUT2D eigenvalue weighted by atomic mass is 10.3. The number of non-ortho nitro benzene ring substituents is 1. The van der Waals surface area contributed by atoms with Crippen molar-refractivity contribution < 1.29 is 17.9 Å². The molecule has 0 fully saturated rings. The number of rotatable bonds is 6. The average Bonchev–Trinajstić information content (AvgIpc) is 3.22. The topological polar surface area (TPSA) is 126 Å². The number of sulfonamides is 1. The highest BCUT2D eigenvalue weighted by molar-refractivity contribution is 7.94. The van der Waals surface area contributed by atoms with Crippen LogP contribution in [0.1, 0.15) is 6.92 Å². The van der Waals surface area contributed by atoms with E-state index in [1.54, 1.807) is 41.4 Å². The molecular weight excluding hydrogens is 408 g/mol. The molecule has 2 heterocycles. The van der Waals surface area contributed by atoms with Crippen LogP contribution in [0.25, 0.3) is 21.6 Å². The van der Waals surface area contributed by atoms with E-state index in [0.29, 0.717) is 17.6 Å². The summed E-state index contributed by atoms with van der Waals surface area (Å²) in [5, 5.41) is 11.0. The first-order chi connectivity index (χ1) is 14.4. The normalized spacial score (nSPS) is 11.5. The Morgan fingerprint density at radius 3 is 2.53 bits per heavy atom. The van der Waals surface area contributed by atoms with Crippen molar-refractivity contribution in [3.05, 3.63) is 82.1 Å². The predicted octanol–water partition coefficient (Wildman–Crippen LogP) is 3.03. The number of hydrogen-bond acceptors (Lipinski definition) is 6. The monoisotopic (exact) mass is 424 g/mol. The Hall–Kier alpha value is -3.86. The molecule has 2 aromatic heterocycles. The molecule has 0 saturated carbocycles. The molecule has 4 aromatic rings. The van der Waals surface area contributed by atoms with Crippen molar-refractivity contribution in [3.8, 4) is 5.82 Å². The number of aryl methyl sites for hydroxylation is 1. The van der Waals surface area contributed by atoms with E-state index >= 15 is 0 Å². The number of benzene rings is 2. The van der Waals surface area contributed by atoms with Crippen LogP contribution in [0.4, 0.5) is 11.5 Å². The average molecular weight is 424 g/mol. The van der Waals surface area contributed by atoms with Gasteiger partial charge in [-0.1, -0.05) is 24.3 Å². The minimum absolute atomic E-state index is 0.112. The van der Waals surface area contributed by atoms with E-state index < -0.39 is 14.9 Å². The van der Waals surface area contributed by atoms with Gasteiger partial charge in [-0.15, -0.1) is 0 Å². The molecule has 11 heteroatoms. The van der Waals surface area contributed by atoms with Crippen molar-refractivity contribution in [2.45, 2.75) is 18.4 Å². The van der Waals surface area contributed by atoms with Crippen molar-refractivity contribution in [1.29, 1.82) is 0 Å². The van der Waals surface area contributed by atoms with Gasteiger partial charge in [0.25, 0.3) is 5.69 Å². The maximum absolute atomic E-state index is 12.9. The largest absolute Gasteiger partial charge is 0.429 e. The Morgan fingerprint density at radius 2 is 1.87 bits per heavy atom. The third-order valence-corrected chi connectivity index (χ3v) is 5.63. The highest BCUT2D eigenvalue weighted by Gasteiger charge is 2.18. The molecular formula is C19H16N6O4S. The molecule has 0 bridgehead atoms. The maximum Gasteiger partial charge on any atom is 0.270 e. The quantitative estimate of drug-likeness (QED) is 0.266. The van der Waals surface area contributed by atoms with Gasteiger partial charge in [0.2, 0.25) is 22.2 Å². The molecule has 0 atom stereocenters. The van der Waals surface area contributed by atoms with Crippen molar-refractivity contribution in [1.82, 2.24) is 14.5 Å². The van der Waals surface area contributed by atoms with E-state index in [9.17, 15) is 18.5 Å². The van der Waals surface area contributed by atoms with Crippen LogP contribution in [-0.2, 0) is 16.6 Å². The third-order valence-electron chi connectivity index (χ3n) is 4.37. The summed E-state index contributed by atoms with van der Waals surface area (Å²) in [6.07, 6.45) is 5.29. The lowest BCUT2D eigenvalue weighted by Gasteiger charge is -2.18. The number of hydrogen-bond donors (Lipinski definition) is 0. The Morgan fingerprint density at radius 1 is 1.13 bits per heavy atom. The molecule has 4 rings (SSSR count). The van der Waals surface area contributed by atoms with Crippen molar-refractivity contribution >= 4 is 32.6 Å². The summed E-state index contributed by atoms with van der Waals surface area (Å²) in [4.78, 5) is 19.0. The van der Waals surface area contributed by atoms with Gasteiger partial charge in [-0.2, -0.15) is 4.57 Å². The molecule has 0 N–H and O–H groups in total. The second-order valence-electron chi connectivity index (χ2n) is 6.33. The molecule has 152 valence electrons. The van der Waals surface area contributed by atoms with Crippen molar-refractivity contribution in [2.24, 2.45) is 0 Å². The van der Waals surface area contributed by atoms with Crippen LogP contribution in [-0.4, -0.2) is 27.9 Å². The number of nitrogens with zero attached hydrogens (tertiary/aromatic N) is 6. The zero-order valence-electron chi connectivity index (χ0n) is 15.8. The highest BCUT2D eigenvalue weighted by atomic mass is 32.2. The number of nitro groups is 1. The molecule has 0 aliphatic heterocycles. The molecule has 0 aliphatic rings. The van der Waals surface area contributed by atoms with E-state index in [1.165, 1.54) is 18.2 Å². The maximum atomic E-state index is 12.9. The summed E-state index contributed by atoms with van der Waals surface area (Å²) < 4.78 is 33.2. The van der Waals surface area contributed by atoms with Gasteiger partial charge in [-0.05, 0) is 24.6 Å². The van der Waals surface area contributed by atoms with E-state index in [2.05, 4.69) is 14.7 Å². The predicted molar refractivity (Wildman–Crippen MR) is 108 cm³/mol. The fourth-order valence-corrected chi connectivity index (χ4v) is 3.82. The summed E-state index contributed by atoms with van der Waals surface area (Å²) in [5.41, 5.74) is 0.714. The van der Waals surface area contributed by atoms with Gasteiger partial charge in [0.1, 0.15) is 12.4 Å². The van der Waals surface area contributed by atoms with Crippen molar-refractivity contribution in [3.63, 3.8) is 0 Å². The Kier molecular flexibility index (Phi) is 4.88. The lowest BCUT2D eigenvalue weighted by Crippen LogP contribution is -2.28. The Balaban J connectivity index is 1.84. The third kappa shape index (κ3) is 3.70. The number of imidazole rings is 1. The van der Waals surface area contributed by atoms with Gasteiger partial charge in [0.15, 0.2) is 0 Å². The number of para-hydroxylation sites is 2. The minimum Gasteiger partial charge on any atom is -0.429 e. The lowest BCUT2D eigenvalue weighted by molar-refractivity contribution is -0.692. The fraction of sp³-hybridized carbons (Fsp3) is 0.105. The summed E-state index contributed by atoms with van der Waals surface area (Å²) in [6.45, 7) is 2.68. The first-order valence-electron chi connectivity index (χ1n) is 8.94. The van der Waals surface area contributed by atoms with E-state index in [0.717, 1.165) is 6.07 Å².